The Labute approximate surface area is 122 Å². The molecule has 1 N–H and O–H groups in total. The predicted octanol–water partition coefficient (Wildman–Crippen LogP) is 3.46. The number of nitrogens with zero attached hydrogens (tertiary/aromatic N) is 1. The van der Waals surface area contributed by atoms with Gasteiger partial charge < -0.3 is 9.73 Å². The zero-order valence-electron chi connectivity index (χ0n) is 13.1. The fraction of sp³-hybridized carbons (Fsp3) is 0.765. The van der Waals surface area contributed by atoms with Gasteiger partial charge in [-0.05, 0) is 44.6 Å². The topological polar surface area (TPSA) is 28.4 Å². The third-order valence-electron chi connectivity index (χ3n) is 4.25. The molecule has 0 atom stereocenters. The molecule has 2 aliphatic rings. The second-order valence-electron chi connectivity index (χ2n) is 7.00. The summed E-state index contributed by atoms with van der Waals surface area (Å²) in [4.78, 5) is 2.60. The zero-order chi connectivity index (χ0) is 14.1. The maximum atomic E-state index is 5.98. The van der Waals surface area contributed by atoms with Crippen molar-refractivity contribution in [3.63, 3.8) is 0 Å². The molecule has 112 valence electrons. The van der Waals surface area contributed by atoms with Gasteiger partial charge in [-0.2, -0.15) is 0 Å². The summed E-state index contributed by atoms with van der Waals surface area (Å²) in [6, 6.07) is 3.83. The van der Waals surface area contributed by atoms with Crippen LogP contribution in [-0.4, -0.2) is 23.5 Å². The van der Waals surface area contributed by atoms with Gasteiger partial charge in [-0.15, -0.1) is 0 Å². The molecule has 2 saturated carbocycles. The third-order valence-corrected chi connectivity index (χ3v) is 4.25. The molecule has 0 aromatic carbocycles. The first-order valence-corrected chi connectivity index (χ1v) is 8.17. The number of hydrogen-bond acceptors (Lipinski definition) is 3. The number of hydrogen-bond donors (Lipinski definition) is 1. The summed E-state index contributed by atoms with van der Waals surface area (Å²) in [7, 11) is 0. The Kier molecular flexibility index (Phi) is 4.18. The summed E-state index contributed by atoms with van der Waals surface area (Å²) in [5, 5.41) is 3.57. The van der Waals surface area contributed by atoms with Gasteiger partial charge in [0.25, 0.3) is 0 Å². The average Bonchev–Trinajstić information content (AvgIpc) is 3.25. The Hall–Kier alpha value is -0.800. The highest BCUT2D eigenvalue weighted by molar-refractivity contribution is 5.21. The van der Waals surface area contributed by atoms with Crippen LogP contribution in [0.3, 0.4) is 0 Å². The van der Waals surface area contributed by atoms with E-state index >= 15 is 0 Å². The molecule has 20 heavy (non-hydrogen) atoms. The first-order valence-electron chi connectivity index (χ1n) is 8.17. The van der Waals surface area contributed by atoms with Crippen molar-refractivity contribution in [1.82, 2.24) is 10.2 Å². The predicted molar refractivity (Wildman–Crippen MR) is 81.6 cm³/mol. The van der Waals surface area contributed by atoms with E-state index in [1.807, 2.05) is 0 Å². The largest absolute Gasteiger partial charge is 0.465 e. The maximum Gasteiger partial charge on any atom is 0.118 e. The molecule has 0 amide bonds. The summed E-state index contributed by atoms with van der Waals surface area (Å²) in [5.41, 5.74) is 1.34. The molecule has 0 unspecified atom stereocenters. The van der Waals surface area contributed by atoms with Gasteiger partial charge in [-0.1, -0.05) is 13.8 Å². The minimum atomic E-state index is 0.725. The molecule has 0 spiro atoms. The summed E-state index contributed by atoms with van der Waals surface area (Å²) in [6.07, 6.45) is 5.41. The molecular formula is C17H28N2O. The number of aryl methyl sites for hydroxylation is 1. The van der Waals surface area contributed by atoms with Crippen LogP contribution in [0.1, 0.15) is 56.6 Å². The lowest BCUT2D eigenvalue weighted by molar-refractivity contribution is 0.208. The van der Waals surface area contributed by atoms with Crippen LogP contribution in [-0.2, 0) is 13.1 Å². The van der Waals surface area contributed by atoms with E-state index in [1.54, 1.807) is 0 Å². The van der Waals surface area contributed by atoms with Crippen LogP contribution in [0, 0.1) is 12.8 Å². The van der Waals surface area contributed by atoms with Crippen LogP contribution in [0.4, 0.5) is 0 Å². The van der Waals surface area contributed by atoms with Crippen molar-refractivity contribution in [3.05, 3.63) is 23.2 Å². The standard InChI is InChI=1S/C17H28N2O/c1-12(2)10-19(16-6-7-16)11-17-8-14(13(3)20-17)9-18-15-4-5-15/h8,12,15-16,18H,4-7,9-11H2,1-3H3. The Balaban J connectivity index is 1.58. The average molecular weight is 276 g/mol. The van der Waals surface area contributed by atoms with Crippen molar-refractivity contribution in [3.8, 4) is 0 Å². The van der Waals surface area contributed by atoms with E-state index in [-0.39, 0.29) is 0 Å². The molecule has 0 saturated heterocycles. The summed E-state index contributed by atoms with van der Waals surface area (Å²) >= 11 is 0. The van der Waals surface area contributed by atoms with Gasteiger partial charge in [-0.3, -0.25) is 4.90 Å². The van der Waals surface area contributed by atoms with Crippen LogP contribution in [0.25, 0.3) is 0 Å². The van der Waals surface area contributed by atoms with Gasteiger partial charge in [0.05, 0.1) is 6.54 Å². The first-order chi connectivity index (χ1) is 9.61. The highest BCUT2D eigenvalue weighted by Gasteiger charge is 2.30. The summed E-state index contributed by atoms with van der Waals surface area (Å²) in [6.45, 7) is 9.82. The lowest BCUT2D eigenvalue weighted by atomic mass is 10.2. The van der Waals surface area contributed by atoms with Crippen molar-refractivity contribution in [2.45, 2.75) is 71.6 Å². The van der Waals surface area contributed by atoms with Crippen LogP contribution >= 0.6 is 0 Å². The molecule has 2 fully saturated rings. The second kappa shape index (κ2) is 5.90. The molecule has 0 bridgehead atoms. The van der Waals surface area contributed by atoms with Gasteiger partial charge in [0.2, 0.25) is 0 Å². The molecule has 3 heteroatoms. The highest BCUT2D eigenvalue weighted by atomic mass is 16.3. The Morgan fingerprint density at radius 2 is 2.05 bits per heavy atom. The van der Waals surface area contributed by atoms with Gasteiger partial charge in [-0.25, -0.2) is 0 Å². The number of rotatable bonds is 8. The fourth-order valence-electron chi connectivity index (χ4n) is 2.83. The van der Waals surface area contributed by atoms with Crippen LogP contribution in [0.5, 0.6) is 0 Å². The summed E-state index contributed by atoms with van der Waals surface area (Å²) in [5.74, 6) is 2.96. The van der Waals surface area contributed by atoms with Crippen molar-refractivity contribution in [2.24, 2.45) is 5.92 Å². The van der Waals surface area contributed by atoms with Gasteiger partial charge in [0.15, 0.2) is 0 Å². The van der Waals surface area contributed by atoms with Gasteiger partial charge in [0, 0.05) is 30.7 Å². The molecular weight excluding hydrogens is 248 g/mol. The lowest BCUT2D eigenvalue weighted by Crippen LogP contribution is -2.29. The van der Waals surface area contributed by atoms with E-state index in [1.165, 1.54) is 37.8 Å². The van der Waals surface area contributed by atoms with Crippen molar-refractivity contribution >= 4 is 0 Å². The van der Waals surface area contributed by atoms with Gasteiger partial charge in [0.1, 0.15) is 11.5 Å². The normalized spacial score (nSPS) is 19.2. The molecule has 3 nitrogen and oxygen atoms in total. The molecule has 3 rings (SSSR count). The van der Waals surface area contributed by atoms with E-state index < -0.39 is 0 Å². The number of nitrogens with one attached hydrogen (secondary N) is 1. The van der Waals surface area contributed by atoms with Crippen LogP contribution in [0.15, 0.2) is 10.5 Å². The molecule has 1 aromatic rings. The second-order valence-corrected chi connectivity index (χ2v) is 7.00. The van der Waals surface area contributed by atoms with Crippen molar-refractivity contribution in [1.29, 1.82) is 0 Å². The van der Waals surface area contributed by atoms with Crippen molar-refractivity contribution in [2.75, 3.05) is 6.54 Å². The van der Waals surface area contributed by atoms with E-state index in [0.717, 1.165) is 42.6 Å². The zero-order valence-corrected chi connectivity index (χ0v) is 13.1. The molecule has 1 aromatic heterocycles. The van der Waals surface area contributed by atoms with E-state index in [9.17, 15) is 0 Å². The highest BCUT2D eigenvalue weighted by Crippen LogP contribution is 2.30. The Morgan fingerprint density at radius 1 is 1.30 bits per heavy atom. The smallest absolute Gasteiger partial charge is 0.118 e. The van der Waals surface area contributed by atoms with Crippen LogP contribution in [0.2, 0.25) is 0 Å². The Morgan fingerprint density at radius 3 is 2.65 bits per heavy atom. The van der Waals surface area contributed by atoms with E-state index in [4.69, 9.17) is 4.42 Å². The maximum absolute atomic E-state index is 5.98. The minimum absolute atomic E-state index is 0.725. The molecule has 1 heterocycles. The quantitative estimate of drug-likeness (QED) is 0.788. The van der Waals surface area contributed by atoms with Gasteiger partial charge >= 0.3 is 0 Å². The monoisotopic (exact) mass is 276 g/mol. The van der Waals surface area contributed by atoms with E-state index in [2.05, 4.69) is 37.1 Å². The molecule has 0 radical (unpaired) electrons. The minimum Gasteiger partial charge on any atom is -0.465 e. The van der Waals surface area contributed by atoms with E-state index in [0.29, 0.717) is 0 Å². The Bertz CT molecular complexity index is 444. The first kappa shape index (κ1) is 14.2. The molecule has 2 aliphatic carbocycles. The third kappa shape index (κ3) is 3.86. The lowest BCUT2D eigenvalue weighted by Gasteiger charge is -2.22. The molecule has 0 aliphatic heterocycles. The fourth-order valence-corrected chi connectivity index (χ4v) is 2.83. The summed E-state index contributed by atoms with van der Waals surface area (Å²) < 4.78 is 5.98. The van der Waals surface area contributed by atoms with Crippen molar-refractivity contribution < 1.29 is 4.42 Å². The number of furan rings is 1. The van der Waals surface area contributed by atoms with Crippen LogP contribution < -0.4 is 5.32 Å². The SMILES string of the molecule is Cc1oc(CN(CC(C)C)C2CC2)cc1CNC1CC1.